The lowest BCUT2D eigenvalue weighted by atomic mass is 10.1. The van der Waals surface area contributed by atoms with Crippen LogP contribution in [0.15, 0.2) is 0 Å². The fourth-order valence-electron chi connectivity index (χ4n) is 1.26. The van der Waals surface area contributed by atoms with Gasteiger partial charge in [0.2, 0.25) is 11.8 Å². The largest absolute Gasteiger partial charge is 0.381 e. The summed E-state index contributed by atoms with van der Waals surface area (Å²) < 4.78 is 5.53. The van der Waals surface area contributed by atoms with E-state index in [2.05, 4.69) is 5.32 Å². The summed E-state index contributed by atoms with van der Waals surface area (Å²) in [5.74, 6) is -1.41. The maximum atomic E-state index is 11.6. The van der Waals surface area contributed by atoms with Crippen molar-refractivity contribution in [2.75, 3.05) is 6.54 Å². The summed E-state index contributed by atoms with van der Waals surface area (Å²) in [6.07, 6.45) is -1.91. The zero-order valence-electron chi connectivity index (χ0n) is 11.3. The van der Waals surface area contributed by atoms with Crippen LogP contribution >= 0.6 is 0 Å². The van der Waals surface area contributed by atoms with Crippen molar-refractivity contribution in [2.24, 2.45) is 11.5 Å². The van der Waals surface area contributed by atoms with Gasteiger partial charge in [-0.15, -0.1) is 0 Å². The van der Waals surface area contributed by atoms with Gasteiger partial charge in [0.1, 0.15) is 12.1 Å². The average molecular weight is 261 g/mol. The number of hydrogen-bond acceptors (Lipinski definition) is 5. The van der Waals surface area contributed by atoms with Gasteiger partial charge in [0.05, 0.1) is 18.2 Å². The molecule has 0 aliphatic carbocycles. The van der Waals surface area contributed by atoms with Crippen LogP contribution in [0.1, 0.15) is 27.7 Å². The van der Waals surface area contributed by atoms with E-state index in [1.807, 2.05) is 20.8 Å². The Labute approximate surface area is 107 Å². The number of nitrogens with one attached hydrogen (secondary N) is 1. The number of aliphatic hydroxyl groups is 1. The van der Waals surface area contributed by atoms with E-state index in [0.717, 1.165) is 0 Å². The second kappa shape index (κ2) is 6.67. The zero-order valence-corrected chi connectivity index (χ0v) is 11.3. The molecule has 0 aromatic carbocycles. The number of primary amides is 1. The topological polar surface area (TPSA) is 128 Å². The third kappa shape index (κ3) is 6.53. The summed E-state index contributed by atoms with van der Waals surface area (Å²) in [5.41, 5.74) is 10.1. The Morgan fingerprint density at radius 3 is 2.28 bits per heavy atom. The molecule has 7 nitrogen and oxygen atoms in total. The molecule has 1 unspecified atom stereocenters. The molecule has 0 aromatic heterocycles. The second-order valence-electron chi connectivity index (χ2n) is 5.12. The van der Waals surface area contributed by atoms with Gasteiger partial charge < -0.3 is 26.6 Å². The Morgan fingerprint density at radius 1 is 1.39 bits per heavy atom. The monoisotopic (exact) mass is 261 g/mol. The highest BCUT2D eigenvalue weighted by Crippen LogP contribution is 2.12. The number of carbonyl (C=O) groups is 2. The third-order valence-electron chi connectivity index (χ3n) is 2.15. The molecule has 0 fully saturated rings. The maximum Gasteiger partial charge on any atom is 0.248 e. The molecule has 106 valence electrons. The van der Waals surface area contributed by atoms with Crippen molar-refractivity contribution in [1.82, 2.24) is 5.32 Å². The van der Waals surface area contributed by atoms with Gasteiger partial charge in [-0.05, 0) is 27.7 Å². The molecule has 0 radical (unpaired) electrons. The molecular weight excluding hydrogens is 238 g/mol. The summed E-state index contributed by atoms with van der Waals surface area (Å²) in [6, 6.07) is -0.885. The molecule has 6 N–H and O–H groups in total. The molecule has 0 rings (SSSR count). The van der Waals surface area contributed by atoms with Gasteiger partial charge in [-0.3, -0.25) is 9.59 Å². The lowest BCUT2D eigenvalue weighted by Gasteiger charge is -2.28. The van der Waals surface area contributed by atoms with E-state index in [1.54, 1.807) is 6.92 Å². The molecule has 18 heavy (non-hydrogen) atoms. The van der Waals surface area contributed by atoms with Crippen molar-refractivity contribution in [3.05, 3.63) is 0 Å². The van der Waals surface area contributed by atoms with E-state index in [-0.39, 0.29) is 6.54 Å². The highest BCUT2D eigenvalue weighted by atomic mass is 16.5. The lowest BCUT2D eigenvalue weighted by Crippen LogP contribution is -2.52. The van der Waals surface area contributed by atoms with Gasteiger partial charge in [0, 0.05) is 0 Å². The van der Waals surface area contributed by atoms with Crippen molar-refractivity contribution in [3.63, 3.8) is 0 Å². The third-order valence-corrected chi connectivity index (χ3v) is 2.15. The first-order valence-electron chi connectivity index (χ1n) is 5.73. The van der Waals surface area contributed by atoms with Gasteiger partial charge in [-0.1, -0.05) is 0 Å². The molecule has 0 aliphatic heterocycles. The second-order valence-corrected chi connectivity index (χ2v) is 5.12. The number of rotatable bonds is 6. The first-order chi connectivity index (χ1) is 8.04. The molecular formula is C11H23N3O4. The maximum absolute atomic E-state index is 11.6. The SMILES string of the molecule is C[C@@H](OC(C)(C)C)[C@H](N)C(=O)NCC(O)C(N)=O. The number of hydrogen-bond donors (Lipinski definition) is 4. The Hall–Kier alpha value is -1.18. The minimum atomic E-state index is -1.42. The van der Waals surface area contributed by atoms with Crippen LogP contribution in [0, 0.1) is 0 Å². The summed E-state index contributed by atoms with van der Waals surface area (Å²) in [6.45, 7) is 6.98. The van der Waals surface area contributed by atoms with Crippen LogP contribution < -0.4 is 16.8 Å². The highest BCUT2D eigenvalue weighted by Gasteiger charge is 2.26. The van der Waals surface area contributed by atoms with Crippen molar-refractivity contribution in [2.45, 2.75) is 51.5 Å². The van der Waals surface area contributed by atoms with Crippen LogP contribution in [0.5, 0.6) is 0 Å². The molecule has 0 aliphatic rings. The van der Waals surface area contributed by atoms with E-state index < -0.39 is 35.7 Å². The Kier molecular flexibility index (Phi) is 6.23. The predicted octanol–water partition coefficient (Wildman–Crippen LogP) is -1.52. The Balaban J connectivity index is 4.22. The zero-order chi connectivity index (χ0) is 14.5. The van der Waals surface area contributed by atoms with Gasteiger partial charge in [0.25, 0.3) is 0 Å². The number of amides is 2. The van der Waals surface area contributed by atoms with E-state index >= 15 is 0 Å². The normalized spacial score (nSPS) is 16.8. The van der Waals surface area contributed by atoms with Gasteiger partial charge in [0.15, 0.2) is 0 Å². The summed E-state index contributed by atoms with van der Waals surface area (Å²) in [5, 5.41) is 11.5. The molecule has 3 atom stereocenters. The van der Waals surface area contributed by atoms with E-state index in [4.69, 9.17) is 21.3 Å². The van der Waals surface area contributed by atoms with Crippen LogP contribution in [-0.2, 0) is 14.3 Å². The highest BCUT2D eigenvalue weighted by molar-refractivity contribution is 5.84. The molecule has 0 spiro atoms. The van der Waals surface area contributed by atoms with Crippen LogP contribution in [0.2, 0.25) is 0 Å². The van der Waals surface area contributed by atoms with Crippen LogP contribution in [0.25, 0.3) is 0 Å². The van der Waals surface area contributed by atoms with Crippen molar-refractivity contribution >= 4 is 11.8 Å². The van der Waals surface area contributed by atoms with Crippen LogP contribution in [0.4, 0.5) is 0 Å². The van der Waals surface area contributed by atoms with Crippen molar-refractivity contribution in [3.8, 4) is 0 Å². The van der Waals surface area contributed by atoms with E-state index in [1.165, 1.54) is 0 Å². The first-order valence-corrected chi connectivity index (χ1v) is 5.73. The average Bonchev–Trinajstić information content (AvgIpc) is 2.21. The molecule has 0 saturated heterocycles. The van der Waals surface area contributed by atoms with Crippen LogP contribution in [0.3, 0.4) is 0 Å². The van der Waals surface area contributed by atoms with Crippen molar-refractivity contribution < 1.29 is 19.4 Å². The minimum absolute atomic E-state index is 0.260. The molecule has 0 saturated carbocycles. The van der Waals surface area contributed by atoms with E-state index in [0.29, 0.717) is 0 Å². The molecule has 0 bridgehead atoms. The fraction of sp³-hybridized carbons (Fsp3) is 0.818. The molecule has 0 heterocycles. The van der Waals surface area contributed by atoms with Crippen molar-refractivity contribution in [1.29, 1.82) is 0 Å². The van der Waals surface area contributed by atoms with E-state index in [9.17, 15) is 9.59 Å². The summed E-state index contributed by atoms with van der Waals surface area (Å²) in [7, 11) is 0. The minimum Gasteiger partial charge on any atom is -0.381 e. The first kappa shape index (κ1) is 16.8. The lowest BCUT2D eigenvalue weighted by molar-refractivity contribution is -0.131. The quantitative estimate of drug-likeness (QED) is 0.461. The number of aliphatic hydroxyl groups excluding tert-OH is 1. The van der Waals surface area contributed by atoms with Crippen LogP contribution in [-0.4, -0.2) is 47.3 Å². The fourth-order valence-corrected chi connectivity index (χ4v) is 1.26. The smallest absolute Gasteiger partial charge is 0.248 e. The Morgan fingerprint density at radius 2 is 1.89 bits per heavy atom. The van der Waals surface area contributed by atoms with Gasteiger partial charge in [-0.25, -0.2) is 0 Å². The van der Waals surface area contributed by atoms with Gasteiger partial charge in [-0.2, -0.15) is 0 Å². The summed E-state index contributed by atoms with van der Waals surface area (Å²) >= 11 is 0. The molecule has 2 amide bonds. The summed E-state index contributed by atoms with van der Waals surface area (Å²) in [4.78, 5) is 22.2. The molecule has 7 heteroatoms. The Bertz CT molecular complexity index is 301. The standard InChI is InChI=1S/C11H23N3O4/c1-6(18-11(2,3)4)8(12)10(17)14-5-7(15)9(13)16/h6-8,15H,5,12H2,1-4H3,(H2,13,16)(H,14,17)/t6-,7?,8+/m1/s1. The number of carbonyl (C=O) groups excluding carboxylic acids is 2. The molecule has 0 aromatic rings. The predicted molar refractivity (Wildman–Crippen MR) is 66.5 cm³/mol. The number of nitrogens with two attached hydrogens (primary N) is 2. The number of ether oxygens (including phenoxy) is 1. The van der Waals surface area contributed by atoms with Gasteiger partial charge >= 0.3 is 0 Å².